The summed E-state index contributed by atoms with van der Waals surface area (Å²) in [4.78, 5) is 15.3. The maximum Gasteiger partial charge on any atom is 0.187 e. The molecule has 0 N–H and O–H groups in total. The van der Waals surface area contributed by atoms with E-state index in [1.807, 2.05) is 35.4 Å². The number of likely N-dealkylation sites (tertiary alicyclic amines) is 1. The van der Waals surface area contributed by atoms with Crippen LogP contribution < -0.4 is 0 Å². The lowest BCUT2D eigenvalue weighted by Gasteiger charge is -2.29. The number of halogens is 3. The third kappa shape index (κ3) is 5.90. The normalized spacial score (nSPS) is 16.6. The van der Waals surface area contributed by atoms with Gasteiger partial charge in [0.2, 0.25) is 0 Å². The Morgan fingerprint density at radius 3 is 1.97 bits per heavy atom. The van der Waals surface area contributed by atoms with Crippen LogP contribution in [-0.2, 0) is 17.9 Å². The predicted octanol–water partition coefficient (Wildman–Crippen LogP) is 5.81. The largest absolute Gasteiger partial charge is 0.289 e. The number of hydrogen-bond acceptors (Lipinski definition) is 4. The lowest BCUT2D eigenvalue weighted by molar-refractivity contribution is -0.113. The number of aromatic nitrogens is 3. The minimum absolute atomic E-state index is 0.231. The Morgan fingerprint density at radius 2 is 1.38 bits per heavy atom. The van der Waals surface area contributed by atoms with Crippen molar-refractivity contribution in [3.63, 3.8) is 0 Å². The van der Waals surface area contributed by atoms with Crippen molar-refractivity contribution in [2.45, 2.75) is 13.1 Å². The van der Waals surface area contributed by atoms with E-state index >= 15 is 0 Å². The minimum Gasteiger partial charge on any atom is -0.289 e. The molecule has 5 nitrogen and oxygen atoms in total. The average molecular weight is 517 g/mol. The summed E-state index contributed by atoms with van der Waals surface area (Å²) in [5, 5.41) is 9.15. The standard InChI is InChI=1S/C29H23ClF2N4O/c30-26-10-4-1-9-22(26)17-36-19-25(33-34-36)18-35-15-23(13-20-7-2-5-11-27(20)31)29(37)24(16-35)14-21-8-3-6-12-28(21)32/h1-14,19H,15-18H2/b23-13+,24-14+. The Balaban J connectivity index is 1.42. The van der Waals surface area contributed by atoms with Gasteiger partial charge < -0.3 is 0 Å². The minimum atomic E-state index is -0.415. The Kier molecular flexibility index (Phi) is 7.35. The number of ketones is 1. The van der Waals surface area contributed by atoms with Gasteiger partial charge in [0.05, 0.1) is 18.4 Å². The third-order valence-corrected chi connectivity index (χ3v) is 6.47. The lowest BCUT2D eigenvalue weighted by atomic mass is 9.94. The van der Waals surface area contributed by atoms with Crippen LogP contribution in [-0.4, -0.2) is 38.8 Å². The van der Waals surface area contributed by atoms with Crippen molar-refractivity contribution < 1.29 is 13.6 Å². The number of carbonyl (C=O) groups is 1. The number of piperidine rings is 1. The first-order valence-electron chi connectivity index (χ1n) is 11.8. The topological polar surface area (TPSA) is 51.0 Å². The molecule has 0 saturated carbocycles. The molecule has 0 radical (unpaired) electrons. The zero-order valence-corrected chi connectivity index (χ0v) is 20.6. The van der Waals surface area contributed by atoms with Crippen LogP contribution >= 0.6 is 11.6 Å². The first-order chi connectivity index (χ1) is 18.0. The van der Waals surface area contributed by atoms with Crippen LogP contribution in [0, 0.1) is 11.6 Å². The number of Topliss-reactive ketones (excluding diaryl/α,β-unsaturated/α-hetero) is 1. The number of benzene rings is 3. The lowest BCUT2D eigenvalue weighted by Crippen LogP contribution is -2.37. The second kappa shape index (κ2) is 11.0. The molecule has 2 heterocycles. The van der Waals surface area contributed by atoms with Crippen molar-refractivity contribution >= 4 is 29.5 Å². The first-order valence-corrected chi connectivity index (χ1v) is 12.1. The van der Waals surface area contributed by atoms with Crippen molar-refractivity contribution in [2.24, 2.45) is 0 Å². The van der Waals surface area contributed by atoms with Gasteiger partial charge in [0.25, 0.3) is 0 Å². The molecule has 8 heteroatoms. The maximum absolute atomic E-state index is 14.4. The SMILES string of the molecule is O=C1/C(=C/c2ccccc2F)CN(Cc2cn(Cc3ccccc3Cl)nn2)C/C1=C\c1ccccc1F. The zero-order chi connectivity index (χ0) is 25.8. The maximum atomic E-state index is 14.4. The van der Waals surface area contributed by atoms with Gasteiger partial charge in [-0.1, -0.05) is 71.4 Å². The van der Waals surface area contributed by atoms with E-state index in [1.165, 1.54) is 12.1 Å². The highest BCUT2D eigenvalue weighted by Crippen LogP contribution is 2.25. The highest BCUT2D eigenvalue weighted by Gasteiger charge is 2.27. The number of rotatable bonds is 6. The number of hydrogen-bond donors (Lipinski definition) is 0. The highest BCUT2D eigenvalue weighted by molar-refractivity contribution is 6.31. The van der Waals surface area contributed by atoms with Gasteiger partial charge in [0.15, 0.2) is 5.78 Å². The van der Waals surface area contributed by atoms with E-state index in [-0.39, 0.29) is 5.78 Å². The van der Waals surface area contributed by atoms with Crippen LogP contribution in [0.15, 0.2) is 90.1 Å². The Bertz CT molecular complexity index is 1440. The van der Waals surface area contributed by atoms with Gasteiger partial charge in [0.1, 0.15) is 11.6 Å². The van der Waals surface area contributed by atoms with Gasteiger partial charge in [-0.2, -0.15) is 0 Å². The van der Waals surface area contributed by atoms with E-state index in [0.29, 0.717) is 59.2 Å². The van der Waals surface area contributed by atoms with Gasteiger partial charge in [0, 0.05) is 46.9 Å². The predicted molar refractivity (Wildman–Crippen MR) is 140 cm³/mol. The van der Waals surface area contributed by atoms with Crippen LogP contribution in [0.1, 0.15) is 22.4 Å². The molecule has 1 fully saturated rings. The fraction of sp³-hybridized carbons (Fsp3) is 0.138. The molecular formula is C29H23ClF2N4O. The fourth-order valence-electron chi connectivity index (χ4n) is 4.30. The van der Waals surface area contributed by atoms with Gasteiger partial charge >= 0.3 is 0 Å². The van der Waals surface area contributed by atoms with Gasteiger partial charge in [-0.15, -0.1) is 5.10 Å². The molecule has 0 bridgehead atoms. The van der Waals surface area contributed by atoms with Crippen LogP contribution in [0.5, 0.6) is 0 Å². The molecule has 1 saturated heterocycles. The Hall–Kier alpha value is -3.94. The van der Waals surface area contributed by atoms with Gasteiger partial charge in [-0.05, 0) is 35.9 Å². The van der Waals surface area contributed by atoms with E-state index in [2.05, 4.69) is 10.3 Å². The summed E-state index contributed by atoms with van der Waals surface area (Å²) in [5.41, 5.74) is 3.11. The zero-order valence-electron chi connectivity index (χ0n) is 19.8. The van der Waals surface area contributed by atoms with E-state index in [0.717, 1.165) is 5.56 Å². The van der Waals surface area contributed by atoms with Crippen LogP contribution in [0.4, 0.5) is 8.78 Å². The van der Waals surface area contributed by atoms with Crippen LogP contribution in [0.25, 0.3) is 12.2 Å². The van der Waals surface area contributed by atoms with Crippen molar-refractivity contribution in [2.75, 3.05) is 13.1 Å². The third-order valence-electron chi connectivity index (χ3n) is 6.10. The molecule has 0 spiro atoms. The average Bonchev–Trinajstić information content (AvgIpc) is 3.32. The fourth-order valence-corrected chi connectivity index (χ4v) is 4.50. The van der Waals surface area contributed by atoms with Gasteiger partial charge in [-0.25, -0.2) is 13.5 Å². The molecule has 3 aromatic carbocycles. The summed E-state index contributed by atoms with van der Waals surface area (Å²) >= 11 is 6.27. The summed E-state index contributed by atoms with van der Waals surface area (Å²) in [6.45, 7) is 1.46. The summed E-state index contributed by atoms with van der Waals surface area (Å²) in [6.07, 6.45) is 4.96. The van der Waals surface area contributed by atoms with Gasteiger partial charge in [-0.3, -0.25) is 9.69 Å². The second-order valence-corrected chi connectivity index (χ2v) is 9.26. The van der Waals surface area contributed by atoms with E-state index in [4.69, 9.17) is 11.6 Å². The molecular weight excluding hydrogens is 494 g/mol. The molecule has 1 aliphatic heterocycles. The Morgan fingerprint density at radius 1 is 0.811 bits per heavy atom. The molecule has 186 valence electrons. The first kappa shape index (κ1) is 24.7. The van der Waals surface area contributed by atoms with Crippen LogP contribution in [0.3, 0.4) is 0 Å². The molecule has 5 rings (SSSR count). The summed E-state index contributed by atoms with van der Waals surface area (Å²) in [5.74, 6) is -1.06. The summed E-state index contributed by atoms with van der Waals surface area (Å²) < 4.78 is 30.4. The Labute approximate surface area is 218 Å². The van der Waals surface area contributed by atoms with E-state index in [9.17, 15) is 13.6 Å². The summed E-state index contributed by atoms with van der Waals surface area (Å²) in [6, 6.07) is 20.1. The van der Waals surface area contributed by atoms with Crippen molar-refractivity contribution in [1.29, 1.82) is 0 Å². The number of nitrogens with zero attached hydrogens (tertiary/aromatic N) is 4. The molecule has 1 aromatic heterocycles. The summed E-state index contributed by atoms with van der Waals surface area (Å²) in [7, 11) is 0. The van der Waals surface area contributed by atoms with Crippen molar-refractivity contribution in [1.82, 2.24) is 19.9 Å². The van der Waals surface area contributed by atoms with E-state index < -0.39 is 11.6 Å². The molecule has 37 heavy (non-hydrogen) atoms. The molecule has 1 aliphatic rings. The van der Waals surface area contributed by atoms with E-state index in [1.54, 1.807) is 53.2 Å². The quantitative estimate of drug-likeness (QED) is 0.303. The monoisotopic (exact) mass is 516 g/mol. The smallest absolute Gasteiger partial charge is 0.187 e. The molecule has 0 unspecified atom stereocenters. The molecule has 0 amide bonds. The highest BCUT2D eigenvalue weighted by atomic mass is 35.5. The molecule has 0 aliphatic carbocycles. The second-order valence-electron chi connectivity index (χ2n) is 8.86. The molecule has 4 aromatic rings. The molecule has 0 atom stereocenters. The van der Waals surface area contributed by atoms with Crippen molar-refractivity contribution in [3.8, 4) is 0 Å². The van der Waals surface area contributed by atoms with Crippen molar-refractivity contribution in [3.05, 3.63) is 129 Å². The number of carbonyl (C=O) groups excluding carboxylic acids is 1. The van der Waals surface area contributed by atoms with Crippen LogP contribution in [0.2, 0.25) is 5.02 Å².